The first-order chi connectivity index (χ1) is 15.0. The number of aryl methyl sites for hydroxylation is 1. The highest BCUT2D eigenvalue weighted by Gasteiger charge is 2.34. The van der Waals surface area contributed by atoms with E-state index in [1.165, 1.54) is 19.4 Å². The zero-order valence-corrected chi connectivity index (χ0v) is 18.8. The lowest BCUT2D eigenvalue weighted by Crippen LogP contribution is -2.48. The first-order valence-corrected chi connectivity index (χ1v) is 11.5. The van der Waals surface area contributed by atoms with E-state index in [0.717, 1.165) is 42.0 Å². The molecule has 1 saturated heterocycles. The number of hydrogen-bond donors (Lipinski definition) is 1. The average molecular weight is 484 g/mol. The van der Waals surface area contributed by atoms with Crippen molar-refractivity contribution in [2.24, 2.45) is 5.92 Å². The molecule has 1 aromatic carbocycles. The molecule has 1 aliphatic heterocycles. The lowest BCUT2D eigenvalue weighted by Gasteiger charge is -2.40. The second-order valence-corrected chi connectivity index (χ2v) is 9.55. The van der Waals surface area contributed by atoms with E-state index >= 15 is 0 Å². The summed E-state index contributed by atoms with van der Waals surface area (Å²) in [7, 11) is 0. The number of rotatable bonds is 5. The lowest BCUT2D eigenvalue weighted by molar-refractivity contribution is 0.104. The Balaban J connectivity index is 1.50. The topological polar surface area (TPSA) is 77.8 Å². The van der Waals surface area contributed by atoms with Gasteiger partial charge < -0.3 is 10.3 Å². The monoisotopic (exact) mass is 483 g/mol. The molecule has 9 heteroatoms. The second-order valence-electron chi connectivity index (χ2n) is 8.70. The number of halogens is 2. The Hall–Kier alpha value is -2.52. The molecule has 160 valence electrons. The van der Waals surface area contributed by atoms with Crippen LogP contribution in [0.1, 0.15) is 25.8 Å². The molecule has 1 aliphatic carbocycles. The van der Waals surface area contributed by atoms with Crippen molar-refractivity contribution >= 4 is 43.8 Å². The van der Waals surface area contributed by atoms with Gasteiger partial charge in [0.15, 0.2) is 0 Å². The Morgan fingerprint density at radius 1 is 1.19 bits per heavy atom. The molecule has 2 fully saturated rings. The molecule has 3 aromatic heterocycles. The number of hydrogen-bond acceptors (Lipinski definition) is 5. The van der Waals surface area contributed by atoms with E-state index in [1.54, 1.807) is 6.07 Å². The van der Waals surface area contributed by atoms with Crippen LogP contribution >= 0.6 is 15.9 Å². The molecule has 2 N–H and O–H groups in total. The molecule has 4 aromatic rings. The summed E-state index contributed by atoms with van der Waals surface area (Å²) < 4.78 is 19.0. The summed E-state index contributed by atoms with van der Waals surface area (Å²) in [5, 5.41) is 5.60. The van der Waals surface area contributed by atoms with E-state index in [9.17, 15) is 4.39 Å². The highest BCUT2D eigenvalue weighted by atomic mass is 79.9. The summed E-state index contributed by atoms with van der Waals surface area (Å²) in [6.45, 7) is 5.91. The molecular formula is C22H23BrFN7. The van der Waals surface area contributed by atoms with E-state index in [2.05, 4.69) is 46.7 Å². The third kappa shape index (κ3) is 3.22. The predicted octanol–water partition coefficient (Wildman–Crippen LogP) is 4.22. The van der Waals surface area contributed by atoms with Gasteiger partial charge in [0.25, 0.3) is 0 Å². The molecule has 0 unspecified atom stereocenters. The maximum absolute atomic E-state index is 14.5. The SMILES string of the molecule is CCn1cc2nc(N)nc(-c3cn(C4CN(CC5CC5)C4)c4cc(F)c(Br)cc34)c2n1. The smallest absolute Gasteiger partial charge is 0.221 e. The Labute approximate surface area is 187 Å². The average Bonchev–Trinajstić information content (AvgIpc) is 3.34. The van der Waals surface area contributed by atoms with Crippen LogP contribution in [0.4, 0.5) is 10.3 Å². The zero-order chi connectivity index (χ0) is 21.3. The van der Waals surface area contributed by atoms with E-state index in [1.807, 2.05) is 23.9 Å². The summed E-state index contributed by atoms with van der Waals surface area (Å²) in [6, 6.07) is 3.76. The van der Waals surface area contributed by atoms with Crippen molar-refractivity contribution in [2.75, 3.05) is 25.4 Å². The number of benzene rings is 1. The normalized spacial score (nSPS) is 17.6. The molecule has 0 spiro atoms. The third-order valence-corrected chi connectivity index (χ3v) is 7.03. The van der Waals surface area contributed by atoms with Gasteiger partial charge in [0, 0.05) is 43.3 Å². The minimum atomic E-state index is -0.268. The van der Waals surface area contributed by atoms with Gasteiger partial charge in [0.2, 0.25) is 5.95 Å². The van der Waals surface area contributed by atoms with Crippen molar-refractivity contribution in [2.45, 2.75) is 32.4 Å². The third-order valence-electron chi connectivity index (χ3n) is 6.43. The van der Waals surface area contributed by atoms with Crippen molar-refractivity contribution in [3.05, 3.63) is 34.8 Å². The van der Waals surface area contributed by atoms with Gasteiger partial charge in [-0.05, 0) is 53.7 Å². The van der Waals surface area contributed by atoms with Gasteiger partial charge in [0.1, 0.15) is 22.5 Å². The van der Waals surface area contributed by atoms with Crippen molar-refractivity contribution in [3.63, 3.8) is 0 Å². The summed E-state index contributed by atoms with van der Waals surface area (Å²) in [4.78, 5) is 11.4. The maximum Gasteiger partial charge on any atom is 0.221 e. The molecule has 0 radical (unpaired) electrons. The first kappa shape index (κ1) is 19.2. The number of anilines is 1. The van der Waals surface area contributed by atoms with Gasteiger partial charge in [-0.3, -0.25) is 9.58 Å². The predicted molar refractivity (Wildman–Crippen MR) is 122 cm³/mol. The minimum Gasteiger partial charge on any atom is -0.368 e. The van der Waals surface area contributed by atoms with Crippen molar-refractivity contribution in [1.29, 1.82) is 0 Å². The van der Waals surface area contributed by atoms with Gasteiger partial charge >= 0.3 is 0 Å². The van der Waals surface area contributed by atoms with Crippen LogP contribution in [0.5, 0.6) is 0 Å². The second kappa shape index (κ2) is 7.00. The van der Waals surface area contributed by atoms with Crippen LogP contribution in [-0.2, 0) is 6.54 Å². The highest BCUT2D eigenvalue weighted by Crippen LogP contribution is 2.39. The van der Waals surface area contributed by atoms with Crippen molar-refractivity contribution in [3.8, 4) is 11.3 Å². The van der Waals surface area contributed by atoms with E-state index in [-0.39, 0.29) is 11.8 Å². The van der Waals surface area contributed by atoms with Crippen LogP contribution in [0.3, 0.4) is 0 Å². The maximum atomic E-state index is 14.5. The summed E-state index contributed by atoms with van der Waals surface area (Å²) >= 11 is 3.35. The summed E-state index contributed by atoms with van der Waals surface area (Å²) in [6.07, 6.45) is 6.67. The van der Waals surface area contributed by atoms with Gasteiger partial charge in [0.05, 0.1) is 22.2 Å². The Bertz CT molecular complexity index is 1320. The molecule has 4 heterocycles. The summed E-state index contributed by atoms with van der Waals surface area (Å²) in [5.74, 6) is 0.812. The minimum absolute atomic E-state index is 0.208. The van der Waals surface area contributed by atoms with Gasteiger partial charge in [-0.15, -0.1) is 0 Å². The molecule has 31 heavy (non-hydrogen) atoms. The fourth-order valence-electron chi connectivity index (χ4n) is 4.59. The van der Waals surface area contributed by atoms with Crippen molar-refractivity contribution in [1.82, 2.24) is 29.2 Å². The van der Waals surface area contributed by atoms with Gasteiger partial charge in [-0.1, -0.05) is 0 Å². The standard InChI is InChI=1S/C22H23BrFN7/c1-2-30-11-18-21(28-30)20(27-22(25)26-18)15-10-31(13-8-29(9-13)7-12-3-4-12)19-6-17(24)16(23)5-14(15)19/h5-6,10-13H,2-4,7-9H2,1H3,(H2,25,26). The lowest BCUT2D eigenvalue weighted by atomic mass is 10.1. The number of likely N-dealkylation sites (tertiary alicyclic amines) is 1. The largest absolute Gasteiger partial charge is 0.368 e. The Morgan fingerprint density at radius 3 is 2.74 bits per heavy atom. The number of fused-ring (bicyclic) bond motifs is 2. The number of nitrogens with two attached hydrogens (primary N) is 1. The van der Waals surface area contributed by atoms with Crippen LogP contribution < -0.4 is 5.73 Å². The molecule has 7 nitrogen and oxygen atoms in total. The van der Waals surface area contributed by atoms with E-state index in [4.69, 9.17) is 5.73 Å². The van der Waals surface area contributed by atoms with Crippen LogP contribution in [0.25, 0.3) is 33.2 Å². The zero-order valence-electron chi connectivity index (χ0n) is 17.2. The fourth-order valence-corrected chi connectivity index (χ4v) is 4.94. The molecular weight excluding hydrogens is 461 g/mol. The first-order valence-electron chi connectivity index (χ1n) is 10.7. The Morgan fingerprint density at radius 2 is 2.00 bits per heavy atom. The van der Waals surface area contributed by atoms with Crippen LogP contribution in [-0.4, -0.2) is 48.8 Å². The number of nitrogens with zero attached hydrogens (tertiary/aromatic N) is 6. The molecule has 1 saturated carbocycles. The van der Waals surface area contributed by atoms with Crippen LogP contribution in [0.15, 0.2) is 29.0 Å². The number of aromatic nitrogens is 5. The van der Waals surface area contributed by atoms with Crippen LogP contribution in [0.2, 0.25) is 0 Å². The molecule has 0 amide bonds. The molecule has 6 rings (SSSR count). The fraction of sp³-hybridized carbons (Fsp3) is 0.409. The molecule has 0 atom stereocenters. The van der Waals surface area contributed by atoms with Gasteiger partial charge in [-0.25, -0.2) is 14.4 Å². The highest BCUT2D eigenvalue weighted by molar-refractivity contribution is 9.10. The molecule has 2 aliphatic rings. The quantitative estimate of drug-likeness (QED) is 0.459. The van der Waals surface area contributed by atoms with Crippen molar-refractivity contribution < 1.29 is 4.39 Å². The van der Waals surface area contributed by atoms with E-state index < -0.39 is 0 Å². The summed E-state index contributed by atoms with van der Waals surface area (Å²) in [5.41, 5.74) is 9.92. The number of nitrogen functional groups attached to an aromatic ring is 1. The van der Waals surface area contributed by atoms with Gasteiger partial charge in [-0.2, -0.15) is 5.10 Å². The molecule has 0 bridgehead atoms. The Kier molecular flexibility index (Phi) is 4.33. The van der Waals surface area contributed by atoms with E-state index in [0.29, 0.717) is 27.2 Å². The van der Waals surface area contributed by atoms with Crippen LogP contribution in [0, 0.1) is 11.7 Å².